The number of hydrogen-bond donors (Lipinski definition) is 1. The molecule has 0 bridgehead atoms. The van der Waals surface area contributed by atoms with Gasteiger partial charge in [-0.3, -0.25) is 0 Å². The fourth-order valence-electron chi connectivity index (χ4n) is 1.02. The largest absolute Gasteiger partial charge is 0.353 e. The molecule has 74 valence electrons. The van der Waals surface area contributed by atoms with Gasteiger partial charge in [-0.05, 0) is 11.6 Å². The van der Waals surface area contributed by atoms with Crippen LogP contribution in [0.5, 0.6) is 0 Å². The molecule has 1 heterocycles. The van der Waals surface area contributed by atoms with Crippen molar-refractivity contribution in [3.05, 3.63) is 24.0 Å². The minimum absolute atomic E-state index is 0.172. The van der Waals surface area contributed by atoms with Gasteiger partial charge in [-0.25, -0.2) is 8.42 Å². The molecule has 0 aliphatic rings. The predicted molar refractivity (Wildman–Crippen MR) is 52.0 cm³/mol. The Morgan fingerprint density at radius 3 is 2.69 bits per heavy atom. The highest BCUT2D eigenvalue weighted by molar-refractivity contribution is 7.90. The van der Waals surface area contributed by atoms with Gasteiger partial charge in [-0.1, -0.05) is 0 Å². The lowest BCUT2D eigenvalue weighted by Crippen LogP contribution is -2.09. The van der Waals surface area contributed by atoms with Crippen molar-refractivity contribution in [2.24, 2.45) is 5.73 Å². The maximum absolute atomic E-state index is 10.8. The van der Waals surface area contributed by atoms with E-state index in [4.69, 9.17) is 5.73 Å². The number of rotatable bonds is 4. The smallest absolute Gasteiger partial charge is 0.149 e. The Labute approximate surface area is 78.3 Å². The molecule has 5 heteroatoms. The van der Waals surface area contributed by atoms with E-state index >= 15 is 0 Å². The van der Waals surface area contributed by atoms with Gasteiger partial charge in [0.1, 0.15) is 9.84 Å². The first-order valence-corrected chi connectivity index (χ1v) is 6.10. The number of hydrogen-bond acceptors (Lipinski definition) is 3. The molecule has 2 N–H and O–H groups in total. The molecule has 0 atom stereocenters. The Hall–Kier alpha value is -0.810. The second kappa shape index (κ2) is 3.93. The maximum Gasteiger partial charge on any atom is 0.149 e. The van der Waals surface area contributed by atoms with E-state index in [1.54, 1.807) is 0 Å². The summed E-state index contributed by atoms with van der Waals surface area (Å²) < 4.78 is 23.5. The monoisotopic (exact) mass is 202 g/mol. The van der Waals surface area contributed by atoms with E-state index in [1.165, 1.54) is 6.26 Å². The fraction of sp³-hybridized carbons (Fsp3) is 0.500. The predicted octanol–water partition coefficient (Wildman–Crippen LogP) is -0.00860. The van der Waals surface area contributed by atoms with Crippen molar-refractivity contribution in [3.63, 3.8) is 0 Å². The lowest BCUT2D eigenvalue weighted by atomic mass is 10.4. The zero-order valence-corrected chi connectivity index (χ0v) is 8.42. The highest BCUT2D eigenvalue weighted by atomic mass is 32.2. The molecule has 0 amide bonds. The number of aromatic nitrogens is 1. The van der Waals surface area contributed by atoms with Gasteiger partial charge in [0.05, 0.1) is 5.75 Å². The molecule has 0 aliphatic carbocycles. The van der Waals surface area contributed by atoms with Crippen LogP contribution in [0.25, 0.3) is 0 Å². The summed E-state index contributed by atoms with van der Waals surface area (Å²) in [5.74, 6) is 0.172. The van der Waals surface area contributed by atoms with Gasteiger partial charge in [-0.15, -0.1) is 0 Å². The van der Waals surface area contributed by atoms with Gasteiger partial charge >= 0.3 is 0 Å². The van der Waals surface area contributed by atoms with E-state index < -0.39 is 9.84 Å². The van der Waals surface area contributed by atoms with Crippen LogP contribution in [-0.4, -0.2) is 25.0 Å². The molecule has 0 aliphatic heterocycles. The molecule has 1 aromatic heterocycles. The summed E-state index contributed by atoms with van der Waals surface area (Å²) in [5, 5.41) is 0. The van der Waals surface area contributed by atoms with Crippen LogP contribution >= 0.6 is 0 Å². The van der Waals surface area contributed by atoms with E-state index in [9.17, 15) is 8.42 Å². The normalized spacial score (nSPS) is 11.8. The van der Waals surface area contributed by atoms with Crippen LogP contribution in [-0.2, 0) is 22.9 Å². The highest BCUT2D eigenvalue weighted by Gasteiger charge is 2.02. The van der Waals surface area contributed by atoms with Gasteiger partial charge < -0.3 is 10.3 Å². The van der Waals surface area contributed by atoms with Gasteiger partial charge in [0, 0.05) is 31.7 Å². The van der Waals surface area contributed by atoms with Crippen LogP contribution < -0.4 is 5.73 Å². The average molecular weight is 202 g/mol. The maximum atomic E-state index is 10.8. The van der Waals surface area contributed by atoms with Crippen LogP contribution in [0.15, 0.2) is 18.5 Å². The van der Waals surface area contributed by atoms with Gasteiger partial charge in [0.2, 0.25) is 0 Å². The molecule has 0 aromatic carbocycles. The first kappa shape index (κ1) is 10.3. The van der Waals surface area contributed by atoms with E-state index in [2.05, 4.69) is 0 Å². The summed E-state index contributed by atoms with van der Waals surface area (Å²) in [7, 11) is -2.87. The zero-order valence-electron chi connectivity index (χ0n) is 7.60. The molecule has 0 saturated carbocycles. The van der Waals surface area contributed by atoms with Crippen LogP contribution in [0.4, 0.5) is 0 Å². The van der Waals surface area contributed by atoms with Gasteiger partial charge in [-0.2, -0.15) is 0 Å². The summed E-state index contributed by atoms with van der Waals surface area (Å²) in [4.78, 5) is 0. The minimum Gasteiger partial charge on any atom is -0.353 e. The molecule has 0 spiro atoms. The third kappa shape index (κ3) is 3.61. The molecular formula is C8H14N2O2S. The van der Waals surface area contributed by atoms with E-state index in [1.807, 2.05) is 23.0 Å². The standard InChI is InChI=1S/C8H14N2O2S/c1-13(11,12)5-4-10-3-2-8(6-9)7-10/h2-3,7H,4-6,9H2,1H3. The number of nitrogens with two attached hydrogens (primary N) is 1. The molecule has 0 unspecified atom stereocenters. The average Bonchev–Trinajstić information content (AvgIpc) is 2.47. The first-order valence-electron chi connectivity index (χ1n) is 4.04. The van der Waals surface area contributed by atoms with Crippen LogP contribution in [0.3, 0.4) is 0 Å². The molecule has 4 nitrogen and oxygen atoms in total. The summed E-state index contributed by atoms with van der Waals surface area (Å²) in [5.41, 5.74) is 6.44. The summed E-state index contributed by atoms with van der Waals surface area (Å²) in [6.45, 7) is 0.991. The minimum atomic E-state index is -2.87. The second-order valence-corrected chi connectivity index (χ2v) is 5.35. The Balaban J connectivity index is 2.55. The van der Waals surface area contributed by atoms with Crippen molar-refractivity contribution in [1.29, 1.82) is 0 Å². The molecule has 13 heavy (non-hydrogen) atoms. The molecule has 1 aromatic rings. The third-order valence-corrected chi connectivity index (χ3v) is 2.69. The van der Waals surface area contributed by atoms with Crippen molar-refractivity contribution in [1.82, 2.24) is 4.57 Å². The third-order valence-electron chi connectivity index (χ3n) is 1.77. The second-order valence-electron chi connectivity index (χ2n) is 3.09. The molecule has 0 fully saturated rings. The Kier molecular flexibility index (Phi) is 3.11. The zero-order chi connectivity index (χ0) is 9.90. The highest BCUT2D eigenvalue weighted by Crippen LogP contribution is 2.00. The van der Waals surface area contributed by atoms with Crippen molar-refractivity contribution in [3.8, 4) is 0 Å². The van der Waals surface area contributed by atoms with Crippen LogP contribution in [0.1, 0.15) is 5.56 Å². The van der Waals surface area contributed by atoms with Crippen molar-refractivity contribution in [2.75, 3.05) is 12.0 Å². The molecule has 0 radical (unpaired) electrons. The Morgan fingerprint density at radius 1 is 1.54 bits per heavy atom. The number of nitrogens with zero attached hydrogens (tertiary/aromatic N) is 1. The van der Waals surface area contributed by atoms with Gasteiger partial charge in [0.25, 0.3) is 0 Å². The van der Waals surface area contributed by atoms with Crippen LogP contribution in [0, 0.1) is 0 Å². The molecule has 1 rings (SSSR count). The van der Waals surface area contributed by atoms with Crippen molar-refractivity contribution in [2.45, 2.75) is 13.1 Å². The van der Waals surface area contributed by atoms with E-state index in [-0.39, 0.29) is 5.75 Å². The van der Waals surface area contributed by atoms with E-state index in [0.717, 1.165) is 5.56 Å². The lowest BCUT2D eigenvalue weighted by molar-refractivity contribution is 0.594. The first-order chi connectivity index (χ1) is 6.01. The Morgan fingerprint density at radius 2 is 2.23 bits per heavy atom. The molecular weight excluding hydrogens is 188 g/mol. The number of aryl methyl sites for hydroxylation is 1. The summed E-state index contributed by atoms with van der Waals surface area (Å²) in [6, 6.07) is 1.89. The van der Waals surface area contributed by atoms with Crippen molar-refractivity contribution >= 4 is 9.84 Å². The number of sulfone groups is 1. The topological polar surface area (TPSA) is 65.1 Å². The quantitative estimate of drug-likeness (QED) is 0.747. The summed E-state index contributed by atoms with van der Waals surface area (Å²) in [6.07, 6.45) is 4.94. The SMILES string of the molecule is CS(=O)(=O)CCn1ccc(CN)c1. The molecule has 0 saturated heterocycles. The van der Waals surface area contributed by atoms with Crippen molar-refractivity contribution < 1.29 is 8.42 Å². The van der Waals surface area contributed by atoms with E-state index in [0.29, 0.717) is 13.1 Å². The summed E-state index contributed by atoms with van der Waals surface area (Å²) >= 11 is 0. The lowest BCUT2D eigenvalue weighted by Gasteiger charge is -2.00. The van der Waals surface area contributed by atoms with Crippen LogP contribution in [0.2, 0.25) is 0 Å². The Bertz CT molecular complexity index is 367. The van der Waals surface area contributed by atoms with Gasteiger partial charge in [0.15, 0.2) is 0 Å². The fourth-order valence-corrected chi connectivity index (χ4v) is 1.56.